The van der Waals surface area contributed by atoms with E-state index in [-0.39, 0.29) is 73.7 Å². The van der Waals surface area contributed by atoms with Gasteiger partial charge in [-0.15, -0.1) is 5.11 Å². The average molecular weight is 1190 g/mol. The number of azo groups is 2. The summed E-state index contributed by atoms with van der Waals surface area (Å²) in [5.41, 5.74) is 2.50. The fourth-order valence-electron chi connectivity index (χ4n) is 6.86. The number of hydrogen-bond acceptors (Lipinski definition) is 24. The first-order chi connectivity index (χ1) is 37.0. The van der Waals surface area contributed by atoms with Gasteiger partial charge in [0.2, 0.25) is 11.8 Å². The van der Waals surface area contributed by atoms with Crippen molar-refractivity contribution in [2.24, 2.45) is 20.5 Å². The van der Waals surface area contributed by atoms with Gasteiger partial charge in [0, 0.05) is 35.1 Å². The number of methoxy groups -OCH3 is 1. The van der Waals surface area contributed by atoms with Crippen molar-refractivity contribution in [3.05, 3.63) is 131 Å². The van der Waals surface area contributed by atoms with Crippen molar-refractivity contribution in [2.75, 3.05) is 56.8 Å². The van der Waals surface area contributed by atoms with E-state index in [0.717, 1.165) is 27.4 Å². The molecular weight excluding hydrogens is 1140 g/mol. The molecule has 31 heteroatoms. The van der Waals surface area contributed by atoms with Crippen LogP contribution in [0.4, 0.5) is 34.4 Å². The van der Waals surface area contributed by atoms with E-state index in [1.54, 1.807) is 60.3 Å². The van der Waals surface area contributed by atoms with Crippen LogP contribution in [0.3, 0.4) is 0 Å². The zero-order valence-corrected chi connectivity index (χ0v) is 47.0. The molecule has 414 valence electrons. The molecule has 0 spiro atoms. The molecule has 4 N–H and O–H groups in total. The van der Waals surface area contributed by atoms with Gasteiger partial charge in [0.1, 0.15) is 16.4 Å². The third-order valence-electron chi connectivity index (χ3n) is 10.5. The number of fused-ring (bicyclic) bond motifs is 1. The van der Waals surface area contributed by atoms with Crippen LogP contribution >= 0.6 is 23.5 Å². The smallest absolute Gasteiger partial charge is 0.323 e. The summed E-state index contributed by atoms with van der Waals surface area (Å²) in [5.74, 6) is -0.352. The summed E-state index contributed by atoms with van der Waals surface area (Å²) in [7, 11) is -11.4. The molecule has 3 heterocycles. The number of aromatic nitrogens is 5. The van der Waals surface area contributed by atoms with E-state index in [4.69, 9.17) is 4.74 Å². The monoisotopic (exact) mass is 1190 g/mol. The van der Waals surface area contributed by atoms with E-state index < -0.39 is 51.8 Å². The Hall–Kier alpha value is -6.81. The Morgan fingerprint density at radius 3 is 1.83 bits per heavy atom. The topological polar surface area (TPSA) is 351 Å². The normalized spacial score (nSPS) is 12.2. The van der Waals surface area contributed by atoms with E-state index in [9.17, 15) is 48.1 Å². The number of H-pyrrole nitrogens is 1. The molecule has 4 aromatic carbocycles. The second-order valence-corrected chi connectivity index (χ2v) is 25.0. The van der Waals surface area contributed by atoms with Crippen molar-refractivity contribution in [3.8, 4) is 17.3 Å². The molecule has 0 atom stereocenters. The van der Waals surface area contributed by atoms with E-state index in [2.05, 4.69) is 58.3 Å². The fraction of sp³-hybridized carbons (Fsp3) is 0.255. The molecule has 0 saturated heterocycles. The molecule has 0 saturated carbocycles. The number of pyridine rings is 2. The maximum absolute atomic E-state index is 12.7. The zero-order valence-electron chi connectivity index (χ0n) is 42.1. The van der Waals surface area contributed by atoms with Crippen molar-refractivity contribution < 1.29 is 65.2 Å². The number of hydrogen-bond donors (Lipinski definition) is 4. The lowest BCUT2D eigenvalue weighted by molar-refractivity contribution is -0.597. The maximum Gasteiger partial charge on any atom is 0.323 e. The summed E-state index contributed by atoms with van der Waals surface area (Å²) in [6, 6.07) is 26.5. The number of aromatic amines is 1. The minimum absolute atomic E-state index is 0.0362. The van der Waals surface area contributed by atoms with Crippen LogP contribution in [-0.2, 0) is 58.8 Å². The Morgan fingerprint density at radius 1 is 0.679 bits per heavy atom. The minimum atomic E-state index is -4.45. The molecule has 0 bridgehead atoms. The quantitative estimate of drug-likeness (QED) is 0.0111. The van der Waals surface area contributed by atoms with E-state index in [0.29, 0.717) is 51.0 Å². The summed E-state index contributed by atoms with van der Waals surface area (Å²) in [4.78, 5) is 27.6. The first-order valence-corrected chi connectivity index (χ1v) is 30.8. The third-order valence-corrected chi connectivity index (χ3v) is 17.0. The number of benzene rings is 4. The molecule has 0 radical (unpaired) electrons. The Bertz CT molecular complexity index is 3780. The standard InChI is InChI=1S/C30H36N6O13S6.C17H14N4O2/c1-46-26-18-23(36-35-22-8-7-21-15-20(19-52(37,38)39)16-27(24(21)17-22)55(44,45)49-4)9-10-25(26)31-28-32-29(50-11-5-13-53(40,41)47-2)34-30(33-28)51-12-6-14-54(42,43)48-3;1-12-14(20-19-13-8-4-2-5-9-13)16(22)18-17(23)15(12)21-10-6-3-7-11-21/h7-10,15-18H,5-6,11-14,19H2,1-4H3,(H,37,38,39)(H,31,32,33,34);2-11H,1H3,(H-,18,19,22,23)/p+1. The zero-order chi connectivity index (χ0) is 56.7. The molecule has 0 unspecified atom stereocenters. The highest BCUT2D eigenvalue weighted by molar-refractivity contribution is 7.99. The van der Waals surface area contributed by atoms with Gasteiger partial charge in [-0.3, -0.25) is 26.9 Å². The lowest BCUT2D eigenvalue weighted by atomic mass is 10.1. The van der Waals surface area contributed by atoms with Crippen LogP contribution in [0.15, 0.2) is 150 Å². The second-order valence-electron chi connectivity index (χ2n) is 16.0. The molecule has 25 nitrogen and oxygen atoms in total. The number of ether oxygens (including phenoxy) is 1. The summed E-state index contributed by atoms with van der Waals surface area (Å²) in [5, 5.41) is 30.9. The van der Waals surface area contributed by atoms with E-state index in [1.807, 2.05) is 36.4 Å². The highest BCUT2D eigenvalue weighted by Crippen LogP contribution is 2.35. The second kappa shape index (κ2) is 27.2. The highest BCUT2D eigenvalue weighted by atomic mass is 32.2. The number of anilines is 2. The molecule has 0 aliphatic rings. The predicted molar refractivity (Wildman–Crippen MR) is 292 cm³/mol. The Kier molecular flexibility index (Phi) is 21.1. The van der Waals surface area contributed by atoms with Gasteiger partial charge < -0.3 is 15.2 Å². The first-order valence-electron chi connectivity index (χ1n) is 22.7. The Labute approximate surface area is 457 Å². The Morgan fingerprint density at radius 2 is 1.26 bits per heavy atom. The van der Waals surface area contributed by atoms with Gasteiger partial charge in [-0.2, -0.15) is 68.5 Å². The molecule has 7 rings (SSSR count). The number of aromatic hydroxyl groups is 1. The van der Waals surface area contributed by atoms with Crippen LogP contribution in [0, 0.1) is 6.92 Å². The number of rotatable bonds is 24. The SMILES string of the molecule is COc1cc(N=Nc2ccc3cc(CS(=O)(=O)O)cc(S(=O)(=O)OC)c3c2)ccc1Nc1nc(SCCCS(=O)(=O)OC)nc(SCCCS(=O)(=O)OC)n1.Cc1c(N=Nc2ccccc2)c(O)[nH]c(=O)c1-[n+]1ccccc1. The third kappa shape index (κ3) is 17.6. The van der Waals surface area contributed by atoms with Gasteiger partial charge in [-0.25, -0.2) is 0 Å². The summed E-state index contributed by atoms with van der Waals surface area (Å²) in [6.07, 6.45) is 4.04. The van der Waals surface area contributed by atoms with Gasteiger partial charge in [-0.1, -0.05) is 53.9 Å². The first kappa shape index (κ1) is 60.4. The van der Waals surface area contributed by atoms with Crippen molar-refractivity contribution in [1.29, 1.82) is 0 Å². The van der Waals surface area contributed by atoms with Crippen molar-refractivity contribution >= 4 is 109 Å². The van der Waals surface area contributed by atoms with Gasteiger partial charge in [0.15, 0.2) is 28.4 Å². The summed E-state index contributed by atoms with van der Waals surface area (Å²) >= 11 is 2.39. The average Bonchev–Trinajstić information content (AvgIpc) is 3.50. The van der Waals surface area contributed by atoms with Crippen LogP contribution in [0.5, 0.6) is 11.6 Å². The summed E-state index contributed by atoms with van der Waals surface area (Å²) in [6.45, 7) is 1.73. The largest absolute Gasteiger partial charge is 0.494 e. The lowest BCUT2D eigenvalue weighted by Crippen LogP contribution is -2.37. The van der Waals surface area contributed by atoms with Crippen molar-refractivity contribution in [3.63, 3.8) is 0 Å². The lowest BCUT2D eigenvalue weighted by Gasteiger charge is -2.12. The van der Waals surface area contributed by atoms with Crippen LogP contribution in [0.25, 0.3) is 16.5 Å². The Balaban J connectivity index is 0.000000353. The molecule has 78 heavy (non-hydrogen) atoms. The molecule has 0 amide bonds. The van der Waals surface area contributed by atoms with E-state index >= 15 is 0 Å². The van der Waals surface area contributed by atoms with Gasteiger partial charge in [-0.05, 0) is 79.2 Å². The molecule has 3 aromatic heterocycles. The number of nitrogens with zero attached hydrogens (tertiary/aromatic N) is 8. The highest BCUT2D eigenvalue weighted by Gasteiger charge is 2.23. The molecule has 0 fully saturated rings. The molecule has 7 aromatic rings. The van der Waals surface area contributed by atoms with Gasteiger partial charge in [0.05, 0.1) is 68.3 Å². The van der Waals surface area contributed by atoms with Gasteiger partial charge >= 0.3 is 5.56 Å². The minimum Gasteiger partial charge on any atom is -0.494 e. The molecular formula is C47H51N10O15S6+. The predicted octanol–water partition coefficient (Wildman–Crippen LogP) is 7.91. The van der Waals surface area contributed by atoms with Crippen LogP contribution in [0.1, 0.15) is 24.0 Å². The van der Waals surface area contributed by atoms with Crippen LogP contribution < -0.4 is 20.2 Å². The number of nitrogens with one attached hydrogen (secondary N) is 2. The van der Waals surface area contributed by atoms with Gasteiger partial charge in [0.25, 0.3) is 46.2 Å². The van der Waals surface area contributed by atoms with Crippen LogP contribution in [0.2, 0.25) is 0 Å². The summed E-state index contributed by atoms with van der Waals surface area (Å²) < 4.78 is 125. The van der Waals surface area contributed by atoms with Crippen LogP contribution in [-0.4, -0.2) is 115 Å². The fourth-order valence-corrected chi connectivity index (χ4v) is 11.7. The van der Waals surface area contributed by atoms with Crippen molar-refractivity contribution in [2.45, 2.75) is 40.7 Å². The molecule has 0 aliphatic carbocycles. The number of thioether (sulfide) groups is 2. The van der Waals surface area contributed by atoms with E-state index in [1.165, 1.54) is 48.8 Å². The van der Waals surface area contributed by atoms with Crippen molar-refractivity contribution in [1.82, 2.24) is 19.9 Å². The maximum atomic E-state index is 12.7. The molecule has 0 aliphatic heterocycles.